The van der Waals surface area contributed by atoms with Gasteiger partial charge in [-0.2, -0.15) is 0 Å². The molecule has 5 heteroatoms. The van der Waals surface area contributed by atoms with E-state index in [1.807, 2.05) is 24.3 Å². The van der Waals surface area contributed by atoms with Crippen molar-refractivity contribution in [2.24, 2.45) is 5.92 Å². The molecule has 1 aliphatic rings. The summed E-state index contributed by atoms with van der Waals surface area (Å²) < 4.78 is 5.90. The molecule has 1 heterocycles. The molecule has 1 N–H and O–H groups in total. The molecule has 0 spiro atoms. The van der Waals surface area contributed by atoms with Crippen LogP contribution in [0.2, 0.25) is 0 Å². The number of likely N-dealkylation sites (N-methyl/N-ethyl adjacent to an activating group) is 1. The minimum absolute atomic E-state index is 0.00772. The van der Waals surface area contributed by atoms with Crippen LogP contribution in [0.5, 0.6) is 0 Å². The summed E-state index contributed by atoms with van der Waals surface area (Å²) in [7, 11) is 1.77. The van der Waals surface area contributed by atoms with Crippen LogP contribution in [0, 0.1) is 5.92 Å². The fraction of sp³-hybridized carbons (Fsp3) is 0.545. The molecule has 1 aromatic carbocycles. The number of benzene rings is 1. The number of para-hydroxylation sites is 1. The maximum absolute atomic E-state index is 12.5. The number of aryl methyl sites for hydroxylation is 1. The summed E-state index contributed by atoms with van der Waals surface area (Å²) in [4.78, 5) is 26.3. The van der Waals surface area contributed by atoms with Crippen LogP contribution in [0.1, 0.15) is 56.8 Å². The van der Waals surface area contributed by atoms with E-state index < -0.39 is 0 Å². The summed E-state index contributed by atoms with van der Waals surface area (Å²) in [5.74, 6) is 1.30. The average molecular weight is 370 g/mol. The van der Waals surface area contributed by atoms with Crippen LogP contribution in [-0.2, 0) is 22.6 Å². The molecule has 146 valence electrons. The first-order valence-corrected chi connectivity index (χ1v) is 10.1. The third-order valence-corrected chi connectivity index (χ3v) is 5.56. The van der Waals surface area contributed by atoms with E-state index in [0.29, 0.717) is 18.9 Å². The normalized spacial score (nSPS) is 15.0. The zero-order chi connectivity index (χ0) is 19.2. The molecule has 2 amide bonds. The predicted molar refractivity (Wildman–Crippen MR) is 106 cm³/mol. The van der Waals surface area contributed by atoms with E-state index in [9.17, 15) is 9.59 Å². The molecule has 0 bridgehead atoms. The van der Waals surface area contributed by atoms with Gasteiger partial charge < -0.3 is 14.6 Å². The third kappa shape index (κ3) is 4.90. The van der Waals surface area contributed by atoms with Gasteiger partial charge in [0.05, 0.1) is 6.54 Å². The monoisotopic (exact) mass is 370 g/mol. The van der Waals surface area contributed by atoms with E-state index in [-0.39, 0.29) is 18.4 Å². The highest BCUT2D eigenvalue weighted by Crippen LogP contribution is 2.27. The highest BCUT2D eigenvalue weighted by molar-refractivity contribution is 5.86. The van der Waals surface area contributed by atoms with Crippen LogP contribution in [0.4, 0.5) is 0 Å². The molecule has 3 rings (SSSR count). The second-order valence-electron chi connectivity index (χ2n) is 7.59. The fourth-order valence-electron chi connectivity index (χ4n) is 3.97. The molecule has 0 saturated heterocycles. The van der Waals surface area contributed by atoms with E-state index in [1.165, 1.54) is 19.3 Å². The van der Waals surface area contributed by atoms with Crippen molar-refractivity contribution in [3.8, 4) is 0 Å². The zero-order valence-corrected chi connectivity index (χ0v) is 16.4. The van der Waals surface area contributed by atoms with Gasteiger partial charge >= 0.3 is 0 Å². The first-order valence-electron chi connectivity index (χ1n) is 10.1. The lowest BCUT2D eigenvalue weighted by molar-refractivity contribution is -0.132. The second-order valence-corrected chi connectivity index (χ2v) is 7.59. The Kier molecular flexibility index (Phi) is 6.54. The molecule has 5 nitrogen and oxygen atoms in total. The lowest BCUT2D eigenvalue weighted by Crippen LogP contribution is -2.38. The highest BCUT2D eigenvalue weighted by Gasteiger charge is 2.19. The molecular formula is C22H30N2O3. The molecule has 1 saturated carbocycles. The molecule has 0 radical (unpaired) electrons. The Morgan fingerprint density at radius 3 is 2.67 bits per heavy atom. The number of nitrogens with one attached hydrogen (secondary N) is 1. The third-order valence-electron chi connectivity index (χ3n) is 5.56. The summed E-state index contributed by atoms with van der Waals surface area (Å²) >= 11 is 0. The number of amides is 2. The summed E-state index contributed by atoms with van der Waals surface area (Å²) in [6.07, 6.45) is 7.32. The van der Waals surface area contributed by atoms with Gasteiger partial charge in [-0.1, -0.05) is 44.4 Å². The number of carbonyl (C=O) groups is 2. The summed E-state index contributed by atoms with van der Waals surface area (Å²) in [6, 6.07) is 7.91. The molecule has 0 aliphatic heterocycles. The Balaban J connectivity index is 1.54. The van der Waals surface area contributed by atoms with E-state index >= 15 is 0 Å². The largest absolute Gasteiger partial charge is 0.461 e. The molecule has 1 aliphatic carbocycles. The van der Waals surface area contributed by atoms with Crippen molar-refractivity contribution in [2.45, 2.75) is 58.4 Å². The summed E-state index contributed by atoms with van der Waals surface area (Å²) in [5, 5.41) is 3.85. The van der Waals surface area contributed by atoms with Gasteiger partial charge in [-0.25, -0.2) is 0 Å². The average Bonchev–Trinajstić information content (AvgIpc) is 3.04. The Morgan fingerprint density at radius 2 is 1.93 bits per heavy atom. The first-order chi connectivity index (χ1) is 13.1. The van der Waals surface area contributed by atoms with Crippen LogP contribution in [0.3, 0.4) is 0 Å². The molecule has 1 aromatic heterocycles. The standard InChI is InChI=1S/C22H30N2O3/c1-3-19-18(17-11-7-8-12-20(17)27-19)15-24(2)22(26)14-23-21(25)13-16-9-5-4-6-10-16/h7-8,11-12,16H,3-6,9-10,13-15H2,1-2H3,(H,23,25). The Morgan fingerprint density at radius 1 is 1.19 bits per heavy atom. The number of hydrogen-bond acceptors (Lipinski definition) is 3. The fourth-order valence-corrected chi connectivity index (χ4v) is 3.97. The Bertz CT molecular complexity index is 790. The van der Waals surface area contributed by atoms with Crippen LogP contribution in [0.15, 0.2) is 28.7 Å². The summed E-state index contributed by atoms with van der Waals surface area (Å²) in [5.41, 5.74) is 1.91. The lowest BCUT2D eigenvalue weighted by Gasteiger charge is -2.21. The van der Waals surface area contributed by atoms with Crippen molar-refractivity contribution in [1.29, 1.82) is 0 Å². The Hall–Kier alpha value is -2.30. The second kappa shape index (κ2) is 9.07. The number of carbonyl (C=O) groups excluding carboxylic acids is 2. The van der Waals surface area contributed by atoms with Gasteiger partial charge in [0, 0.05) is 37.4 Å². The number of rotatable bonds is 7. The van der Waals surface area contributed by atoms with Crippen LogP contribution in [-0.4, -0.2) is 30.3 Å². The van der Waals surface area contributed by atoms with Gasteiger partial charge in [0.2, 0.25) is 11.8 Å². The van der Waals surface area contributed by atoms with Gasteiger partial charge in [-0.05, 0) is 24.8 Å². The number of nitrogens with zero attached hydrogens (tertiary/aromatic N) is 1. The van der Waals surface area contributed by atoms with Gasteiger partial charge in [0.25, 0.3) is 0 Å². The number of furan rings is 1. The summed E-state index contributed by atoms with van der Waals surface area (Å²) in [6.45, 7) is 2.59. The van der Waals surface area contributed by atoms with Gasteiger partial charge in [0.15, 0.2) is 0 Å². The van der Waals surface area contributed by atoms with Gasteiger partial charge in [0.1, 0.15) is 11.3 Å². The smallest absolute Gasteiger partial charge is 0.242 e. The van der Waals surface area contributed by atoms with E-state index in [4.69, 9.17) is 4.42 Å². The van der Waals surface area contributed by atoms with E-state index in [1.54, 1.807) is 11.9 Å². The maximum Gasteiger partial charge on any atom is 0.242 e. The molecular weight excluding hydrogens is 340 g/mol. The molecule has 1 fully saturated rings. The van der Waals surface area contributed by atoms with Gasteiger partial charge in [-0.15, -0.1) is 0 Å². The first kappa shape index (κ1) is 19.5. The molecule has 0 atom stereocenters. The van der Waals surface area contributed by atoms with Gasteiger partial charge in [-0.3, -0.25) is 9.59 Å². The zero-order valence-electron chi connectivity index (χ0n) is 16.4. The molecule has 2 aromatic rings. The molecule has 27 heavy (non-hydrogen) atoms. The number of hydrogen-bond donors (Lipinski definition) is 1. The Labute approximate surface area is 161 Å². The van der Waals surface area contributed by atoms with Crippen molar-refractivity contribution >= 4 is 22.8 Å². The SMILES string of the molecule is CCc1oc2ccccc2c1CN(C)C(=O)CNC(=O)CC1CCCCC1. The topological polar surface area (TPSA) is 62.6 Å². The quantitative estimate of drug-likeness (QED) is 0.800. The van der Waals surface area contributed by atoms with Crippen LogP contribution < -0.4 is 5.32 Å². The molecule has 0 unspecified atom stereocenters. The van der Waals surface area contributed by atoms with E-state index in [2.05, 4.69) is 12.2 Å². The van der Waals surface area contributed by atoms with Crippen molar-refractivity contribution in [3.05, 3.63) is 35.6 Å². The highest BCUT2D eigenvalue weighted by atomic mass is 16.3. The minimum atomic E-state index is -0.0840. The van der Waals surface area contributed by atoms with Crippen molar-refractivity contribution in [2.75, 3.05) is 13.6 Å². The predicted octanol–water partition coefficient (Wildman–Crippen LogP) is 4.04. The van der Waals surface area contributed by atoms with E-state index in [0.717, 1.165) is 41.6 Å². The van der Waals surface area contributed by atoms with Crippen LogP contribution in [0.25, 0.3) is 11.0 Å². The maximum atomic E-state index is 12.5. The van der Waals surface area contributed by atoms with Crippen LogP contribution >= 0.6 is 0 Å². The van der Waals surface area contributed by atoms with Crippen molar-refractivity contribution in [3.63, 3.8) is 0 Å². The minimum Gasteiger partial charge on any atom is -0.461 e. The number of fused-ring (bicyclic) bond motifs is 1. The lowest BCUT2D eigenvalue weighted by atomic mass is 9.87. The van der Waals surface area contributed by atoms with Crippen molar-refractivity contribution in [1.82, 2.24) is 10.2 Å². The van der Waals surface area contributed by atoms with Crippen molar-refractivity contribution < 1.29 is 14.0 Å².